The Morgan fingerprint density at radius 1 is 1.12 bits per heavy atom. The van der Waals surface area contributed by atoms with E-state index in [1.54, 1.807) is 0 Å². The van der Waals surface area contributed by atoms with Crippen molar-refractivity contribution < 1.29 is 12.8 Å². The van der Waals surface area contributed by atoms with E-state index in [9.17, 15) is 12.8 Å². The molecule has 0 bridgehead atoms. The van der Waals surface area contributed by atoms with Gasteiger partial charge in [-0.05, 0) is 24.3 Å². The molecule has 1 aromatic carbocycles. The highest BCUT2D eigenvalue weighted by atomic mass is 32.2. The van der Waals surface area contributed by atoms with E-state index in [1.165, 1.54) is 16.4 Å². The van der Waals surface area contributed by atoms with Gasteiger partial charge in [-0.1, -0.05) is 0 Å². The molecule has 1 fully saturated rings. The Balaban J connectivity index is 2.27. The Bertz CT molecular complexity index is 452. The van der Waals surface area contributed by atoms with Crippen LogP contribution in [0.25, 0.3) is 0 Å². The van der Waals surface area contributed by atoms with Gasteiger partial charge in [-0.2, -0.15) is 4.31 Å². The van der Waals surface area contributed by atoms with Crippen molar-refractivity contribution in [3.05, 3.63) is 30.1 Å². The molecule has 0 aliphatic carbocycles. The van der Waals surface area contributed by atoms with Gasteiger partial charge in [0.25, 0.3) is 0 Å². The highest BCUT2D eigenvalue weighted by Crippen LogP contribution is 2.16. The number of hydrogen-bond donors (Lipinski definition) is 1. The molecule has 0 aromatic heterocycles. The Labute approximate surface area is 94.1 Å². The van der Waals surface area contributed by atoms with Crippen LogP contribution in [0.1, 0.15) is 0 Å². The predicted octanol–water partition coefficient (Wildman–Crippen LogP) is 0.420. The van der Waals surface area contributed by atoms with Gasteiger partial charge < -0.3 is 5.32 Å². The molecule has 88 valence electrons. The molecule has 0 saturated carbocycles. The first kappa shape index (κ1) is 11.5. The van der Waals surface area contributed by atoms with E-state index < -0.39 is 15.8 Å². The predicted molar refractivity (Wildman–Crippen MR) is 58.0 cm³/mol. The summed E-state index contributed by atoms with van der Waals surface area (Å²) >= 11 is 0. The lowest BCUT2D eigenvalue weighted by molar-refractivity contribution is 0.360. The smallest absolute Gasteiger partial charge is 0.243 e. The van der Waals surface area contributed by atoms with Gasteiger partial charge in [0.05, 0.1) is 4.90 Å². The molecule has 1 aromatic rings. The van der Waals surface area contributed by atoms with Crippen LogP contribution >= 0.6 is 0 Å². The lowest BCUT2D eigenvalue weighted by Crippen LogP contribution is -2.46. The summed E-state index contributed by atoms with van der Waals surface area (Å²) < 4.78 is 38.3. The number of nitrogens with one attached hydrogen (secondary N) is 1. The van der Waals surface area contributed by atoms with Crippen molar-refractivity contribution in [2.75, 3.05) is 26.2 Å². The average molecular weight is 244 g/mol. The summed E-state index contributed by atoms with van der Waals surface area (Å²) in [7, 11) is -3.45. The topological polar surface area (TPSA) is 49.4 Å². The molecule has 4 nitrogen and oxygen atoms in total. The van der Waals surface area contributed by atoms with Crippen molar-refractivity contribution in [2.24, 2.45) is 0 Å². The second kappa shape index (κ2) is 4.48. The molecule has 6 heteroatoms. The van der Waals surface area contributed by atoms with E-state index >= 15 is 0 Å². The fourth-order valence-corrected chi connectivity index (χ4v) is 3.08. The van der Waals surface area contributed by atoms with Gasteiger partial charge in [-0.3, -0.25) is 0 Å². The van der Waals surface area contributed by atoms with E-state index in [-0.39, 0.29) is 4.90 Å². The van der Waals surface area contributed by atoms with Crippen LogP contribution in [0.4, 0.5) is 4.39 Å². The largest absolute Gasteiger partial charge is 0.314 e. The van der Waals surface area contributed by atoms with Crippen LogP contribution in [0, 0.1) is 5.82 Å². The first-order valence-electron chi connectivity index (χ1n) is 5.07. The number of hydrogen-bond acceptors (Lipinski definition) is 3. The highest BCUT2D eigenvalue weighted by molar-refractivity contribution is 7.89. The minimum Gasteiger partial charge on any atom is -0.314 e. The molecule has 1 heterocycles. The minimum atomic E-state index is -3.45. The minimum absolute atomic E-state index is 0.149. The maximum absolute atomic E-state index is 12.7. The monoisotopic (exact) mass is 244 g/mol. The molecule has 0 atom stereocenters. The molecule has 16 heavy (non-hydrogen) atoms. The van der Waals surface area contributed by atoms with E-state index in [0.717, 1.165) is 12.1 Å². The van der Waals surface area contributed by atoms with E-state index in [2.05, 4.69) is 5.32 Å². The van der Waals surface area contributed by atoms with Crippen LogP contribution < -0.4 is 5.32 Å². The maximum atomic E-state index is 12.7. The molecular formula is C10H13FN2O2S. The summed E-state index contributed by atoms with van der Waals surface area (Å²) in [6.45, 7) is 2.22. The third-order valence-corrected chi connectivity index (χ3v) is 4.44. The standard InChI is InChI=1S/C10H13FN2O2S/c11-9-1-3-10(4-2-9)16(14,15)13-7-5-12-6-8-13/h1-4,12H,5-8H2. The first-order valence-corrected chi connectivity index (χ1v) is 6.51. The van der Waals surface area contributed by atoms with Crippen LogP contribution in [0.3, 0.4) is 0 Å². The fourth-order valence-electron chi connectivity index (χ4n) is 1.64. The lowest BCUT2D eigenvalue weighted by atomic mass is 10.4. The number of benzene rings is 1. The van der Waals surface area contributed by atoms with Crippen molar-refractivity contribution >= 4 is 10.0 Å². The van der Waals surface area contributed by atoms with Gasteiger partial charge in [0.15, 0.2) is 0 Å². The second-order valence-electron chi connectivity index (χ2n) is 3.61. The number of rotatable bonds is 2. The zero-order chi connectivity index (χ0) is 11.6. The summed E-state index contributed by atoms with van der Waals surface area (Å²) in [5.74, 6) is -0.431. The van der Waals surface area contributed by atoms with E-state index in [1.807, 2.05) is 0 Å². The molecule has 1 saturated heterocycles. The molecule has 1 aliphatic heterocycles. The zero-order valence-electron chi connectivity index (χ0n) is 8.69. The molecule has 0 amide bonds. The van der Waals surface area contributed by atoms with Crippen molar-refractivity contribution in [1.29, 1.82) is 0 Å². The summed E-state index contributed by atoms with van der Waals surface area (Å²) in [5, 5.41) is 3.08. The molecule has 0 unspecified atom stereocenters. The van der Waals surface area contributed by atoms with Gasteiger partial charge in [-0.15, -0.1) is 0 Å². The van der Waals surface area contributed by atoms with Crippen LogP contribution in [0.5, 0.6) is 0 Å². The summed E-state index contributed by atoms with van der Waals surface area (Å²) in [5.41, 5.74) is 0. The molecule has 1 N–H and O–H groups in total. The van der Waals surface area contributed by atoms with Gasteiger partial charge in [-0.25, -0.2) is 12.8 Å². The lowest BCUT2D eigenvalue weighted by Gasteiger charge is -2.26. The number of nitrogens with zero attached hydrogens (tertiary/aromatic N) is 1. The Morgan fingerprint density at radius 2 is 1.69 bits per heavy atom. The van der Waals surface area contributed by atoms with Crippen LogP contribution in [0.2, 0.25) is 0 Å². The first-order chi connectivity index (χ1) is 7.60. The average Bonchev–Trinajstić information content (AvgIpc) is 2.31. The Morgan fingerprint density at radius 3 is 2.25 bits per heavy atom. The maximum Gasteiger partial charge on any atom is 0.243 e. The van der Waals surface area contributed by atoms with Crippen LogP contribution in [0.15, 0.2) is 29.2 Å². The molecule has 0 radical (unpaired) electrons. The summed E-state index contributed by atoms with van der Waals surface area (Å²) in [6, 6.07) is 4.92. The SMILES string of the molecule is O=S(=O)(c1ccc(F)cc1)N1CCNCC1. The van der Waals surface area contributed by atoms with Crippen molar-refractivity contribution in [3.63, 3.8) is 0 Å². The number of sulfonamides is 1. The van der Waals surface area contributed by atoms with Gasteiger partial charge in [0.2, 0.25) is 10.0 Å². The Hall–Kier alpha value is -0.980. The van der Waals surface area contributed by atoms with Crippen molar-refractivity contribution in [3.8, 4) is 0 Å². The normalized spacial score (nSPS) is 18.6. The number of piperazine rings is 1. The van der Waals surface area contributed by atoms with Crippen LogP contribution in [-0.4, -0.2) is 38.9 Å². The Kier molecular flexibility index (Phi) is 3.22. The van der Waals surface area contributed by atoms with Gasteiger partial charge >= 0.3 is 0 Å². The van der Waals surface area contributed by atoms with E-state index in [4.69, 9.17) is 0 Å². The molecule has 0 spiro atoms. The van der Waals surface area contributed by atoms with E-state index in [0.29, 0.717) is 26.2 Å². The van der Waals surface area contributed by atoms with Crippen molar-refractivity contribution in [2.45, 2.75) is 4.90 Å². The third-order valence-electron chi connectivity index (χ3n) is 2.53. The summed E-state index contributed by atoms with van der Waals surface area (Å²) in [4.78, 5) is 0.149. The van der Waals surface area contributed by atoms with Crippen LogP contribution in [-0.2, 0) is 10.0 Å². The van der Waals surface area contributed by atoms with Gasteiger partial charge in [0, 0.05) is 26.2 Å². The zero-order valence-corrected chi connectivity index (χ0v) is 9.50. The molecule has 1 aliphatic rings. The van der Waals surface area contributed by atoms with Gasteiger partial charge in [0.1, 0.15) is 5.82 Å². The molecule has 2 rings (SSSR count). The number of halogens is 1. The third kappa shape index (κ3) is 2.23. The summed E-state index contributed by atoms with van der Waals surface area (Å²) in [6.07, 6.45) is 0. The van der Waals surface area contributed by atoms with Crippen molar-refractivity contribution in [1.82, 2.24) is 9.62 Å². The molecular weight excluding hydrogens is 231 g/mol. The highest BCUT2D eigenvalue weighted by Gasteiger charge is 2.25. The fraction of sp³-hybridized carbons (Fsp3) is 0.400. The quantitative estimate of drug-likeness (QED) is 0.820. The second-order valence-corrected chi connectivity index (χ2v) is 5.55.